The van der Waals surface area contributed by atoms with Crippen LogP contribution in [0.2, 0.25) is 0 Å². The van der Waals surface area contributed by atoms with Crippen molar-refractivity contribution in [2.24, 2.45) is 0 Å². The zero-order valence-electron chi connectivity index (χ0n) is 16.0. The van der Waals surface area contributed by atoms with E-state index in [1.165, 1.54) is 5.56 Å². The van der Waals surface area contributed by atoms with E-state index in [9.17, 15) is 9.59 Å². The van der Waals surface area contributed by atoms with Crippen LogP contribution in [0.25, 0.3) is 0 Å². The molecule has 27 heavy (non-hydrogen) atoms. The minimum atomic E-state index is -0.337. The molecule has 0 spiro atoms. The van der Waals surface area contributed by atoms with Crippen LogP contribution in [0.4, 0.5) is 0 Å². The number of likely N-dealkylation sites (tertiary alicyclic amines) is 1. The Kier molecular flexibility index (Phi) is 6.34. The number of aryl methyl sites for hydroxylation is 2. The summed E-state index contributed by atoms with van der Waals surface area (Å²) in [5, 5.41) is 3.15. The van der Waals surface area contributed by atoms with Gasteiger partial charge in [0, 0.05) is 55.9 Å². The monoisotopic (exact) mass is 369 g/mol. The lowest BCUT2D eigenvalue weighted by Crippen LogP contribution is -2.44. The van der Waals surface area contributed by atoms with Crippen molar-refractivity contribution < 1.29 is 4.79 Å². The molecule has 3 heterocycles. The van der Waals surface area contributed by atoms with Gasteiger partial charge in [0.05, 0.1) is 0 Å². The van der Waals surface area contributed by atoms with Crippen LogP contribution in [0.1, 0.15) is 41.8 Å². The van der Waals surface area contributed by atoms with Gasteiger partial charge in [0.15, 0.2) is 0 Å². The fraction of sp³-hybridized carbons (Fsp3) is 0.500. The van der Waals surface area contributed by atoms with Crippen LogP contribution in [-0.2, 0) is 17.8 Å². The maximum absolute atomic E-state index is 12.3. The molecule has 1 amide bonds. The van der Waals surface area contributed by atoms with Gasteiger partial charge < -0.3 is 10.3 Å². The molecule has 2 N–H and O–H groups in total. The summed E-state index contributed by atoms with van der Waals surface area (Å²) in [4.78, 5) is 36.9. The van der Waals surface area contributed by atoms with Crippen molar-refractivity contribution in [2.45, 2.75) is 52.1 Å². The number of aromatic amines is 1. The molecule has 1 aliphatic rings. The van der Waals surface area contributed by atoms with Crippen LogP contribution in [0.15, 0.2) is 29.3 Å². The van der Waals surface area contributed by atoms with E-state index < -0.39 is 0 Å². The molecule has 2 aromatic rings. The third-order valence-electron chi connectivity index (χ3n) is 5.14. The van der Waals surface area contributed by atoms with Crippen LogP contribution in [0.5, 0.6) is 0 Å². The summed E-state index contributed by atoms with van der Waals surface area (Å²) in [6, 6.07) is 4.29. The Morgan fingerprint density at radius 3 is 2.78 bits per heavy atom. The molecule has 3 rings (SSSR count). The predicted molar refractivity (Wildman–Crippen MR) is 103 cm³/mol. The molecule has 0 radical (unpaired) electrons. The largest absolute Gasteiger partial charge is 0.353 e. The van der Waals surface area contributed by atoms with Crippen LogP contribution in [0.3, 0.4) is 0 Å². The summed E-state index contributed by atoms with van der Waals surface area (Å²) in [7, 11) is 0. The fourth-order valence-corrected chi connectivity index (χ4v) is 3.65. The highest BCUT2D eigenvalue weighted by Gasteiger charge is 2.21. The van der Waals surface area contributed by atoms with E-state index >= 15 is 0 Å². The number of carbonyl (C=O) groups is 1. The molecule has 0 unspecified atom stereocenters. The van der Waals surface area contributed by atoms with Crippen molar-refractivity contribution in [3.8, 4) is 0 Å². The lowest BCUT2D eigenvalue weighted by atomic mass is 10.0. The first-order valence-electron chi connectivity index (χ1n) is 9.48. The van der Waals surface area contributed by atoms with E-state index in [0.717, 1.165) is 43.7 Å². The maximum Gasteiger partial charge on any atom is 0.345 e. The highest BCUT2D eigenvalue weighted by Crippen LogP contribution is 2.14. The first-order valence-corrected chi connectivity index (χ1v) is 9.48. The highest BCUT2D eigenvalue weighted by atomic mass is 16.1. The van der Waals surface area contributed by atoms with E-state index in [0.29, 0.717) is 18.5 Å². The number of carbonyl (C=O) groups excluding carboxylic acids is 1. The van der Waals surface area contributed by atoms with Crippen molar-refractivity contribution in [1.29, 1.82) is 0 Å². The number of pyridine rings is 1. The number of hydrogen-bond acceptors (Lipinski definition) is 5. The second kappa shape index (κ2) is 8.90. The van der Waals surface area contributed by atoms with Gasteiger partial charge in [0.25, 0.3) is 0 Å². The van der Waals surface area contributed by atoms with E-state index in [-0.39, 0.29) is 17.6 Å². The summed E-state index contributed by atoms with van der Waals surface area (Å²) < 4.78 is 0. The average molecular weight is 369 g/mol. The number of aromatic nitrogens is 3. The van der Waals surface area contributed by atoms with Crippen molar-refractivity contribution >= 4 is 5.91 Å². The summed E-state index contributed by atoms with van der Waals surface area (Å²) >= 11 is 0. The molecule has 7 nitrogen and oxygen atoms in total. The molecule has 144 valence electrons. The topological polar surface area (TPSA) is 91.0 Å². The first-order chi connectivity index (χ1) is 13.0. The summed E-state index contributed by atoms with van der Waals surface area (Å²) in [5.41, 5.74) is 3.34. The number of rotatable bonds is 6. The standard InChI is InChI=1S/C20H27N5O2/c1-14-18(15(2)23-20(27)22-14)5-6-19(26)24-17-7-10-25(11-8-17)13-16-4-3-9-21-12-16/h3-4,9,12,17H,5-8,10-11,13H2,1-2H3,(H,24,26)(H,22,23,27). The SMILES string of the molecule is Cc1nc(=O)[nH]c(C)c1CCC(=O)NC1CCN(Cc2cccnc2)CC1. The van der Waals surface area contributed by atoms with Gasteiger partial charge in [0.1, 0.15) is 0 Å². The number of nitrogens with one attached hydrogen (secondary N) is 2. The van der Waals surface area contributed by atoms with Gasteiger partial charge in [0.2, 0.25) is 5.91 Å². The van der Waals surface area contributed by atoms with Crippen LogP contribution in [-0.4, -0.2) is 44.9 Å². The predicted octanol–water partition coefficient (Wildman–Crippen LogP) is 1.50. The number of piperidine rings is 1. The fourth-order valence-electron chi connectivity index (χ4n) is 3.65. The zero-order chi connectivity index (χ0) is 19.2. The van der Waals surface area contributed by atoms with Crippen LogP contribution >= 0.6 is 0 Å². The number of hydrogen-bond donors (Lipinski definition) is 2. The van der Waals surface area contributed by atoms with E-state index in [2.05, 4.69) is 31.2 Å². The third-order valence-corrected chi connectivity index (χ3v) is 5.14. The van der Waals surface area contributed by atoms with Gasteiger partial charge in [-0.05, 0) is 50.3 Å². The Hall–Kier alpha value is -2.54. The summed E-state index contributed by atoms with van der Waals surface area (Å²) in [6.07, 6.45) is 6.62. The number of amides is 1. The molecule has 2 aromatic heterocycles. The molecule has 0 atom stereocenters. The average Bonchev–Trinajstić information content (AvgIpc) is 2.63. The van der Waals surface area contributed by atoms with Crippen molar-refractivity contribution in [2.75, 3.05) is 13.1 Å². The van der Waals surface area contributed by atoms with Gasteiger partial charge in [-0.3, -0.25) is 14.7 Å². The molecular formula is C20H27N5O2. The molecule has 7 heteroatoms. The Balaban J connectivity index is 1.43. The number of H-pyrrole nitrogens is 1. The van der Waals surface area contributed by atoms with Crippen molar-refractivity contribution in [3.63, 3.8) is 0 Å². The second-order valence-corrected chi connectivity index (χ2v) is 7.21. The number of nitrogens with zero attached hydrogens (tertiary/aromatic N) is 3. The van der Waals surface area contributed by atoms with Crippen LogP contribution < -0.4 is 11.0 Å². The maximum atomic E-state index is 12.3. The minimum absolute atomic E-state index is 0.0608. The Morgan fingerprint density at radius 2 is 2.11 bits per heavy atom. The summed E-state index contributed by atoms with van der Waals surface area (Å²) in [5.74, 6) is 0.0608. The van der Waals surface area contributed by atoms with E-state index in [1.54, 1.807) is 6.20 Å². The quantitative estimate of drug-likeness (QED) is 0.805. The smallest absolute Gasteiger partial charge is 0.345 e. The van der Waals surface area contributed by atoms with Gasteiger partial charge in [-0.25, -0.2) is 4.79 Å². The van der Waals surface area contributed by atoms with Crippen LogP contribution in [0, 0.1) is 13.8 Å². The van der Waals surface area contributed by atoms with Gasteiger partial charge >= 0.3 is 5.69 Å². The lowest BCUT2D eigenvalue weighted by Gasteiger charge is -2.32. The first kappa shape index (κ1) is 19.2. The molecule has 1 aliphatic heterocycles. The highest BCUT2D eigenvalue weighted by molar-refractivity contribution is 5.76. The molecule has 0 aliphatic carbocycles. The van der Waals surface area contributed by atoms with E-state index in [4.69, 9.17) is 0 Å². The third kappa shape index (κ3) is 5.47. The molecule has 0 bridgehead atoms. The summed E-state index contributed by atoms with van der Waals surface area (Å²) in [6.45, 7) is 6.52. The molecule has 1 saturated heterocycles. The van der Waals surface area contributed by atoms with Gasteiger partial charge in [-0.15, -0.1) is 0 Å². The molecule has 0 saturated carbocycles. The van der Waals surface area contributed by atoms with Crippen molar-refractivity contribution in [3.05, 3.63) is 57.5 Å². The van der Waals surface area contributed by atoms with Crippen molar-refractivity contribution in [1.82, 2.24) is 25.2 Å². The minimum Gasteiger partial charge on any atom is -0.353 e. The Morgan fingerprint density at radius 1 is 1.33 bits per heavy atom. The zero-order valence-corrected chi connectivity index (χ0v) is 16.0. The molecule has 0 aromatic carbocycles. The second-order valence-electron chi connectivity index (χ2n) is 7.21. The lowest BCUT2D eigenvalue weighted by molar-refractivity contribution is -0.122. The normalized spacial score (nSPS) is 15.6. The Bertz CT molecular complexity index is 800. The van der Waals surface area contributed by atoms with Gasteiger partial charge in [-0.1, -0.05) is 6.07 Å². The van der Waals surface area contributed by atoms with Gasteiger partial charge in [-0.2, -0.15) is 4.98 Å². The van der Waals surface area contributed by atoms with E-state index in [1.807, 2.05) is 26.1 Å². The molecule has 1 fully saturated rings. The Labute approximate surface area is 159 Å². The molecular weight excluding hydrogens is 342 g/mol.